The van der Waals surface area contributed by atoms with Crippen molar-refractivity contribution in [1.29, 1.82) is 0 Å². The highest BCUT2D eigenvalue weighted by atomic mass is 32.2. The molecule has 3 aliphatic heterocycles. The van der Waals surface area contributed by atoms with Gasteiger partial charge in [-0.3, -0.25) is 14.5 Å². The van der Waals surface area contributed by atoms with Crippen molar-refractivity contribution in [2.24, 2.45) is 15.9 Å². The van der Waals surface area contributed by atoms with Gasteiger partial charge in [-0.1, -0.05) is 11.8 Å². The van der Waals surface area contributed by atoms with E-state index in [-0.39, 0.29) is 17.7 Å². The van der Waals surface area contributed by atoms with Gasteiger partial charge < -0.3 is 4.90 Å². The van der Waals surface area contributed by atoms with E-state index in [9.17, 15) is 9.59 Å². The smallest absolute Gasteiger partial charge is 0.261 e. The zero-order valence-corrected chi connectivity index (χ0v) is 14.8. The maximum Gasteiger partial charge on any atom is 0.261 e. The summed E-state index contributed by atoms with van der Waals surface area (Å²) in [5.74, 6) is 0.553. The van der Waals surface area contributed by atoms with Crippen LogP contribution in [0.2, 0.25) is 0 Å². The summed E-state index contributed by atoms with van der Waals surface area (Å²) < 4.78 is 0. The minimum Gasteiger partial charge on any atom is -0.340 e. The minimum atomic E-state index is -0.177. The fraction of sp³-hybridized carbons (Fsp3) is 0.647. The molecule has 0 aromatic rings. The van der Waals surface area contributed by atoms with Crippen LogP contribution >= 0.6 is 11.8 Å². The molecule has 24 heavy (non-hydrogen) atoms. The molecule has 0 bridgehead atoms. The van der Waals surface area contributed by atoms with E-state index in [0.29, 0.717) is 12.4 Å². The molecule has 0 saturated carbocycles. The zero-order chi connectivity index (χ0) is 16.7. The van der Waals surface area contributed by atoms with Gasteiger partial charge in [0.25, 0.3) is 5.91 Å². The van der Waals surface area contributed by atoms with Crippen molar-refractivity contribution in [2.45, 2.75) is 32.6 Å². The van der Waals surface area contributed by atoms with Gasteiger partial charge in [-0.2, -0.15) is 4.99 Å². The van der Waals surface area contributed by atoms with Crippen LogP contribution in [0.5, 0.6) is 0 Å². The SMILES string of the molecule is CC(=O)N1CCN(CC2=NC(=O)C3C(=N2)SC2=C3CCCC2)CC1. The van der Waals surface area contributed by atoms with Crippen LogP contribution in [0.4, 0.5) is 0 Å². The van der Waals surface area contributed by atoms with E-state index in [1.54, 1.807) is 18.7 Å². The van der Waals surface area contributed by atoms with Gasteiger partial charge in [0, 0.05) is 33.1 Å². The number of carbonyl (C=O) groups excluding carboxylic acids is 2. The van der Waals surface area contributed by atoms with E-state index in [2.05, 4.69) is 9.89 Å². The third kappa shape index (κ3) is 2.95. The number of hydrogen-bond donors (Lipinski definition) is 0. The maximum atomic E-state index is 12.5. The largest absolute Gasteiger partial charge is 0.340 e. The van der Waals surface area contributed by atoms with Gasteiger partial charge in [-0.25, -0.2) is 4.99 Å². The van der Waals surface area contributed by atoms with E-state index < -0.39 is 0 Å². The number of fused-ring (bicyclic) bond motifs is 2. The summed E-state index contributed by atoms with van der Waals surface area (Å²) in [6.07, 6.45) is 4.50. The lowest BCUT2D eigenvalue weighted by Gasteiger charge is -2.34. The minimum absolute atomic E-state index is 0.0308. The van der Waals surface area contributed by atoms with Gasteiger partial charge in [0.1, 0.15) is 11.8 Å². The highest BCUT2D eigenvalue weighted by molar-refractivity contribution is 8.17. The third-order valence-corrected chi connectivity index (χ3v) is 6.44. The quantitative estimate of drug-likeness (QED) is 0.763. The van der Waals surface area contributed by atoms with E-state index in [1.165, 1.54) is 23.3 Å². The molecule has 0 aromatic carbocycles. The molecule has 128 valence electrons. The second kappa shape index (κ2) is 6.44. The molecular formula is C17H22N4O2S. The van der Waals surface area contributed by atoms with Crippen molar-refractivity contribution in [3.8, 4) is 0 Å². The Morgan fingerprint density at radius 1 is 1.17 bits per heavy atom. The first-order valence-electron chi connectivity index (χ1n) is 8.69. The Kier molecular flexibility index (Phi) is 4.30. The van der Waals surface area contributed by atoms with Gasteiger partial charge in [-0.15, -0.1) is 0 Å². The van der Waals surface area contributed by atoms with Crippen molar-refractivity contribution >= 4 is 34.5 Å². The molecule has 4 aliphatic rings. The number of hydrogen-bond acceptors (Lipinski definition) is 5. The molecular weight excluding hydrogens is 324 g/mol. The first-order valence-corrected chi connectivity index (χ1v) is 9.51. The molecule has 7 heteroatoms. The molecule has 1 unspecified atom stereocenters. The zero-order valence-electron chi connectivity index (χ0n) is 14.0. The fourth-order valence-corrected chi connectivity index (χ4v) is 5.20. The topological polar surface area (TPSA) is 65.3 Å². The van der Waals surface area contributed by atoms with Crippen LogP contribution in [-0.2, 0) is 9.59 Å². The van der Waals surface area contributed by atoms with Crippen molar-refractivity contribution in [3.63, 3.8) is 0 Å². The third-order valence-electron chi connectivity index (χ3n) is 5.19. The molecule has 0 spiro atoms. The van der Waals surface area contributed by atoms with Gasteiger partial charge in [0.15, 0.2) is 0 Å². The van der Waals surface area contributed by atoms with Crippen LogP contribution in [0.25, 0.3) is 0 Å². The number of aliphatic imine (C=N–C) groups is 2. The van der Waals surface area contributed by atoms with Gasteiger partial charge in [0.2, 0.25) is 5.91 Å². The molecule has 1 atom stereocenters. The summed E-state index contributed by atoms with van der Waals surface area (Å²) in [7, 11) is 0. The molecule has 4 rings (SSSR count). The highest BCUT2D eigenvalue weighted by Gasteiger charge is 2.40. The predicted octanol–water partition coefficient (Wildman–Crippen LogP) is 1.68. The number of amidine groups is 1. The summed E-state index contributed by atoms with van der Waals surface area (Å²) in [5.41, 5.74) is 1.29. The maximum absolute atomic E-state index is 12.5. The van der Waals surface area contributed by atoms with E-state index >= 15 is 0 Å². The lowest BCUT2D eigenvalue weighted by atomic mass is 9.89. The van der Waals surface area contributed by atoms with Crippen LogP contribution in [0.15, 0.2) is 20.5 Å². The number of amides is 2. The summed E-state index contributed by atoms with van der Waals surface area (Å²) in [6.45, 7) is 5.29. The number of rotatable bonds is 2. The molecule has 6 nitrogen and oxygen atoms in total. The Morgan fingerprint density at radius 3 is 2.67 bits per heavy atom. The summed E-state index contributed by atoms with van der Waals surface area (Å²) in [5, 5.41) is 0.944. The Morgan fingerprint density at radius 2 is 1.92 bits per heavy atom. The Hall–Kier alpha value is -1.47. The molecule has 2 amide bonds. The second-order valence-electron chi connectivity index (χ2n) is 6.79. The Labute approximate surface area is 146 Å². The lowest BCUT2D eigenvalue weighted by molar-refractivity contribution is -0.130. The van der Waals surface area contributed by atoms with E-state index in [4.69, 9.17) is 4.99 Å². The molecule has 0 aromatic heterocycles. The number of carbonyl (C=O) groups is 2. The van der Waals surface area contributed by atoms with Crippen molar-refractivity contribution in [2.75, 3.05) is 32.7 Å². The van der Waals surface area contributed by atoms with Gasteiger partial charge in [-0.05, 0) is 36.2 Å². The Balaban J connectivity index is 1.42. The van der Waals surface area contributed by atoms with E-state index in [0.717, 1.165) is 44.1 Å². The molecule has 1 aliphatic carbocycles. The monoisotopic (exact) mass is 346 g/mol. The first kappa shape index (κ1) is 16.0. The standard InChI is InChI=1S/C17H22N4O2S/c1-11(22)21-8-6-20(7-9-21)10-14-18-16(23)15-12-4-2-3-5-13(12)24-17(15)19-14/h15H,2-10H2,1H3. The first-order chi connectivity index (χ1) is 11.6. The average Bonchev–Trinajstić information content (AvgIpc) is 2.94. The molecule has 3 heterocycles. The molecule has 1 fully saturated rings. The summed E-state index contributed by atoms with van der Waals surface area (Å²) >= 11 is 1.71. The van der Waals surface area contributed by atoms with Crippen LogP contribution in [0, 0.1) is 5.92 Å². The van der Waals surface area contributed by atoms with Gasteiger partial charge >= 0.3 is 0 Å². The number of piperazine rings is 1. The average molecular weight is 346 g/mol. The molecule has 0 radical (unpaired) electrons. The second-order valence-corrected chi connectivity index (χ2v) is 7.90. The van der Waals surface area contributed by atoms with E-state index in [1.807, 2.05) is 4.90 Å². The number of thioether (sulfide) groups is 1. The normalized spacial score (nSPS) is 27.6. The van der Waals surface area contributed by atoms with Gasteiger partial charge in [0.05, 0.1) is 11.6 Å². The lowest BCUT2D eigenvalue weighted by Crippen LogP contribution is -2.49. The van der Waals surface area contributed by atoms with Crippen molar-refractivity contribution < 1.29 is 9.59 Å². The van der Waals surface area contributed by atoms with Crippen LogP contribution in [0.1, 0.15) is 32.6 Å². The van der Waals surface area contributed by atoms with Crippen molar-refractivity contribution in [3.05, 3.63) is 10.5 Å². The Bertz CT molecular complexity index is 674. The van der Waals surface area contributed by atoms with Crippen LogP contribution < -0.4 is 0 Å². The fourth-order valence-electron chi connectivity index (χ4n) is 3.83. The van der Waals surface area contributed by atoms with Crippen LogP contribution in [-0.4, -0.2) is 65.2 Å². The number of allylic oxidation sites excluding steroid dienone is 1. The summed E-state index contributed by atoms with van der Waals surface area (Å²) in [6, 6.07) is 0. The highest BCUT2D eigenvalue weighted by Crippen LogP contribution is 2.47. The number of nitrogens with zero attached hydrogens (tertiary/aromatic N) is 4. The molecule has 1 saturated heterocycles. The van der Waals surface area contributed by atoms with Crippen molar-refractivity contribution in [1.82, 2.24) is 9.80 Å². The molecule has 0 N–H and O–H groups in total. The predicted molar refractivity (Wildman–Crippen MR) is 95.1 cm³/mol. The summed E-state index contributed by atoms with van der Waals surface area (Å²) in [4.78, 5) is 38.4. The van der Waals surface area contributed by atoms with Crippen LogP contribution in [0.3, 0.4) is 0 Å².